The minimum Gasteiger partial charge on any atom is -0.459 e. The van der Waals surface area contributed by atoms with Crippen molar-refractivity contribution in [2.24, 2.45) is 0 Å². The second-order valence-corrected chi connectivity index (χ2v) is 4.28. The smallest absolute Gasteiger partial charge is 0.459 e. The Morgan fingerprint density at radius 2 is 1.40 bits per heavy atom. The van der Waals surface area contributed by atoms with Crippen LogP contribution in [0, 0.1) is 0 Å². The molecule has 0 N–H and O–H groups in total. The number of hydrogen-bond acceptors (Lipinski definition) is 1. The van der Waals surface area contributed by atoms with Crippen molar-refractivity contribution in [2.75, 3.05) is 0 Å². The van der Waals surface area contributed by atoms with Gasteiger partial charge >= 0.3 is 58.4 Å². The van der Waals surface area contributed by atoms with Crippen molar-refractivity contribution in [2.45, 2.75) is 0 Å². The molecular formula is C14H9BF3KO. The fourth-order valence-corrected chi connectivity index (χ4v) is 2.19. The number of halogens is 3. The van der Waals surface area contributed by atoms with Gasteiger partial charge in [-0.2, -0.15) is 0 Å². The first-order valence-electron chi connectivity index (χ1n) is 5.84. The van der Waals surface area contributed by atoms with E-state index in [9.17, 15) is 12.9 Å². The van der Waals surface area contributed by atoms with E-state index < -0.39 is 12.4 Å². The Morgan fingerprint density at radius 3 is 2.05 bits per heavy atom. The van der Waals surface area contributed by atoms with Gasteiger partial charge in [-0.1, -0.05) is 54.0 Å². The molecule has 1 aromatic heterocycles. The van der Waals surface area contributed by atoms with Crippen LogP contribution in [-0.4, -0.2) is 6.98 Å². The van der Waals surface area contributed by atoms with Crippen LogP contribution in [0.25, 0.3) is 22.3 Å². The molecule has 0 saturated carbocycles. The minimum atomic E-state index is -5.13. The predicted molar refractivity (Wildman–Crippen MR) is 70.4 cm³/mol. The second kappa shape index (κ2) is 6.07. The number of para-hydroxylation sites is 1. The molecule has 2 aromatic carbocycles. The summed E-state index contributed by atoms with van der Waals surface area (Å²) in [5, 5.41) is 0.119. The number of rotatable bonds is 2. The van der Waals surface area contributed by atoms with E-state index in [2.05, 4.69) is 0 Å². The van der Waals surface area contributed by atoms with Crippen LogP contribution in [0.5, 0.6) is 0 Å². The van der Waals surface area contributed by atoms with E-state index in [0.29, 0.717) is 5.56 Å². The van der Waals surface area contributed by atoms with Crippen LogP contribution in [0.2, 0.25) is 0 Å². The third kappa shape index (κ3) is 2.89. The Kier molecular flexibility index (Phi) is 4.81. The summed E-state index contributed by atoms with van der Waals surface area (Å²) in [5.74, 6) is -0.102. The standard InChI is InChI=1S/C14H9BF3O.K/c16-15(17,18)13-11-8-4-5-9-12(11)19-14(13)10-6-2-1-3-7-10;/h1-9H;/q-1;+1. The van der Waals surface area contributed by atoms with Gasteiger partial charge in [-0.05, 0) is 11.5 Å². The fourth-order valence-electron chi connectivity index (χ4n) is 2.19. The zero-order valence-electron chi connectivity index (χ0n) is 10.8. The maximum absolute atomic E-state index is 13.3. The molecule has 0 fully saturated rings. The Hall–Kier alpha value is -0.529. The van der Waals surface area contributed by atoms with E-state index in [1.165, 1.54) is 6.07 Å². The van der Waals surface area contributed by atoms with Gasteiger partial charge in [0.1, 0.15) is 11.3 Å². The molecule has 3 rings (SSSR count). The monoisotopic (exact) mass is 300 g/mol. The quantitative estimate of drug-likeness (QED) is 0.647. The van der Waals surface area contributed by atoms with Crippen molar-refractivity contribution in [3.63, 3.8) is 0 Å². The van der Waals surface area contributed by atoms with Crippen molar-refractivity contribution < 1.29 is 68.7 Å². The molecule has 96 valence electrons. The summed E-state index contributed by atoms with van der Waals surface area (Å²) in [7, 11) is 0. The molecule has 1 nitrogen and oxygen atoms in total. The predicted octanol–water partition coefficient (Wildman–Crippen LogP) is 1.16. The van der Waals surface area contributed by atoms with Crippen LogP contribution >= 0.6 is 0 Å². The molecule has 0 spiro atoms. The van der Waals surface area contributed by atoms with E-state index in [0.717, 1.165) is 0 Å². The molecular weight excluding hydrogens is 291 g/mol. The van der Waals surface area contributed by atoms with Gasteiger partial charge in [-0.15, -0.1) is 0 Å². The summed E-state index contributed by atoms with van der Waals surface area (Å²) in [6.07, 6.45) is 0. The SMILES string of the molecule is F[B-](F)(F)c1c(-c2ccccc2)oc2ccccc12.[K+]. The zero-order chi connectivity index (χ0) is 13.5. The molecule has 0 radical (unpaired) electrons. The summed E-state index contributed by atoms with van der Waals surface area (Å²) < 4.78 is 45.3. The minimum absolute atomic E-state index is 0. The van der Waals surface area contributed by atoms with Crippen molar-refractivity contribution in [1.29, 1.82) is 0 Å². The van der Waals surface area contributed by atoms with Crippen LogP contribution in [0.4, 0.5) is 12.9 Å². The average Bonchev–Trinajstić information content (AvgIpc) is 2.79. The largest absolute Gasteiger partial charge is 1.00 e. The third-order valence-electron chi connectivity index (χ3n) is 3.00. The Bertz CT molecular complexity index is 722. The molecule has 0 aliphatic rings. The van der Waals surface area contributed by atoms with E-state index in [4.69, 9.17) is 4.42 Å². The van der Waals surface area contributed by atoms with E-state index in [1.54, 1.807) is 48.5 Å². The maximum Gasteiger partial charge on any atom is 1.00 e. The summed E-state index contributed by atoms with van der Waals surface area (Å²) >= 11 is 0. The topological polar surface area (TPSA) is 13.1 Å². The van der Waals surface area contributed by atoms with Crippen LogP contribution in [0.3, 0.4) is 0 Å². The molecule has 0 aliphatic carbocycles. The van der Waals surface area contributed by atoms with Gasteiger partial charge < -0.3 is 17.4 Å². The van der Waals surface area contributed by atoms with Gasteiger partial charge in [-0.25, -0.2) is 0 Å². The van der Waals surface area contributed by atoms with Crippen LogP contribution < -0.4 is 56.8 Å². The normalized spacial score (nSPS) is 11.3. The van der Waals surface area contributed by atoms with Gasteiger partial charge in [0.05, 0.1) is 0 Å². The average molecular weight is 300 g/mol. The molecule has 3 aromatic rings. The zero-order valence-corrected chi connectivity index (χ0v) is 13.9. The third-order valence-corrected chi connectivity index (χ3v) is 3.00. The van der Waals surface area contributed by atoms with Crippen LogP contribution in [0.1, 0.15) is 0 Å². The van der Waals surface area contributed by atoms with Gasteiger partial charge in [0.15, 0.2) is 0 Å². The Morgan fingerprint density at radius 1 is 0.800 bits per heavy atom. The molecule has 0 amide bonds. The molecule has 20 heavy (non-hydrogen) atoms. The molecule has 0 aliphatic heterocycles. The van der Waals surface area contributed by atoms with E-state index in [-0.39, 0.29) is 68.1 Å². The van der Waals surface area contributed by atoms with Gasteiger partial charge in [0.2, 0.25) is 0 Å². The van der Waals surface area contributed by atoms with E-state index in [1.807, 2.05) is 0 Å². The van der Waals surface area contributed by atoms with Crippen molar-refractivity contribution in [1.82, 2.24) is 0 Å². The summed E-state index contributed by atoms with van der Waals surface area (Å²) in [6, 6.07) is 14.6. The maximum atomic E-state index is 13.3. The number of benzene rings is 2. The Labute approximate surface area is 156 Å². The summed E-state index contributed by atoms with van der Waals surface area (Å²) in [6.45, 7) is -5.13. The molecule has 0 unspecified atom stereocenters. The Balaban J connectivity index is 0.00000147. The number of fused-ring (bicyclic) bond motifs is 1. The first-order valence-corrected chi connectivity index (χ1v) is 5.84. The molecule has 1 heterocycles. The van der Waals surface area contributed by atoms with Crippen LogP contribution in [-0.2, 0) is 0 Å². The number of hydrogen-bond donors (Lipinski definition) is 0. The second-order valence-electron chi connectivity index (χ2n) is 4.28. The van der Waals surface area contributed by atoms with Crippen molar-refractivity contribution in [3.8, 4) is 11.3 Å². The fraction of sp³-hybridized carbons (Fsp3) is 0. The molecule has 0 saturated heterocycles. The molecule has 0 bridgehead atoms. The van der Waals surface area contributed by atoms with Crippen LogP contribution in [0.15, 0.2) is 59.0 Å². The van der Waals surface area contributed by atoms with E-state index >= 15 is 0 Å². The van der Waals surface area contributed by atoms with Crippen molar-refractivity contribution >= 4 is 23.4 Å². The van der Waals surface area contributed by atoms with Gasteiger partial charge in [0.25, 0.3) is 0 Å². The molecule has 6 heteroatoms. The van der Waals surface area contributed by atoms with Gasteiger partial charge in [-0.3, -0.25) is 0 Å². The first-order chi connectivity index (χ1) is 9.07. The van der Waals surface area contributed by atoms with Gasteiger partial charge in [0, 0.05) is 5.56 Å². The van der Waals surface area contributed by atoms with Crippen molar-refractivity contribution in [3.05, 3.63) is 54.6 Å². The summed E-state index contributed by atoms with van der Waals surface area (Å²) in [4.78, 5) is 0. The summed E-state index contributed by atoms with van der Waals surface area (Å²) in [5.41, 5.74) is 0.0465. The first kappa shape index (κ1) is 15.9. The number of furan rings is 1. The molecule has 0 atom stereocenters.